The van der Waals surface area contributed by atoms with Gasteiger partial charge < -0.3 is 9.13 Å². The van der Waals surface area contributed by atoms with E-state index in [0.717, 1.165) is 132 Å². The third-order valence-corrected chi connectivity index (χ3v) is 15.5. The summed E-state index contributed by atoms with van der Waals surface area (Å²) in [6, 6.07) is 93.2. The summed E-state index contributed by atoms with van der Waals surface area (Å²) >= 11 is 0. The minimum atomic E-state index is 0.630. The van der Waals surface area contributed by atoms with Gasteiger partial charge in [-0.25, -0.2) is 4.98 Å². The molecule has 350 valence electrons. The zero-order valence-electron chi connectivity index (χ0n) is 40.9. The van der Waals surface area contributed by atoms with Gasteiger partial charge in [0.25, 0.3) is 0 Å². The zero-order valence-corrected chi connectivity index (χ0v) is 40.9. The van der Waals surface area contributed by atoms with Crippen LogP contribution in [0.5, 0.6) is 0 Å². The molecule has 0 saturated carbocycles. The van der Waals surface area contributed by atoms with Crippen molar-refractivity contribution in [3.8, 4) is 68.2 Å². The van der Waals surface area contributed by atoms with Crippen molar-refractivity contribution < 1.29 is 0 Å². The molecule has 0 amide bonds. The third kappa shape index (κ3) is 6.74. The number of para-hydroxylation sites is 3. The lowest BCUT2D eigenvalue weighted by molar-refractivity contribution is 1.18. The Kier molecular flexibility index (Phi) is 9.63. The van der Waals surface area contributed by atoms with E-state index in [4.69, 9.17) is 4.98 Å². The zero-order chi connectivity index (χ0) is 50.4. The molecule has 0 fully saturated rings. The van der Waals surface area contributed by atoms with Crippen LogP contribution < -0.4 is 0 Å². The molecule has 0 unspecified atom stereocenters. The van der Waals surface area contributed by atoms with E-state index in [2.05, 4.69) is 234 Å². The highest BCUT2D eigenvalue weighted by Gasteiger charge is 2.22. The maximum atomic E-state index is 10.1. The molecule has 0 bridgehead atoms. The monoisotopic (exact) mass is 963 g/mol. The highest BCUT2D eigenvalue weighted by molar-refractivity contribution is 6.23. The van der Waals surface area contributed by atoms with Crippen LogP contribution in [0.2, 0.25) is 0 Å². The average Bonchev–Trinajstić information content (AvgIpc) is 4.07. The van der Waals surface area contributed by atoms with Gasteiger partial charge >= 0.3 is 0 Å². The quantitative estimate of drug-likeness (QED) is 0.156. The van der Waals surface area contributed by atoms with E-state index in [1.807, 2.05) is 36.4 Å². The number of fused-ring (bicyclic) bond motifs is 10. The lowest BCUT2D eigenvalue weighted by Crippen LogP contribution is -1.95. The highest BCUT2D eigenvalue weighted by Crippen LogP contribution is 2.47. The van der Waals surface area contributed by atoms with Gasteiger partial charge in [-0.3, -0.25) is 0 Å². The summed E-state index contributed by atoms with van der Waals surface area (Å²) in [7, 11) is 0. The first-order valence-corrected chi connectivity index (χ1v) is 25.5. The molecule has 76 heavy (non-hydrogen) atoms. The molecule has 15 rings (SSSR count). The van der Waals surface area contributed by atoms with Crippen LogP contribution in [0.4, 0.5) is 0 Å². The van der Waals surface area contributed by atoms with Crippen molar-refractivity contribution in [3.05, 3.63) is 260 Å². The Balaban J connectivity index is 1.01. The number of hydrogen-bond donors (Lipinski definition) is 0. The fraction of sp³-hybridized carbons (Fsp3) is 0. The normalized spacial score (nSPS) is 11.7. The fourth-order valence-corrected chi connectivity index (χ4v) is 12.0. The van der Waals surface area contributed by atoms with Gasteiger partial charge in [-0.1, -0.05) is 133 Å². The molecule has 0 aliphatic heterocycles. The van der Waals surface area contributed by atoms with Crippen LogP contribution in [0.1, 0.15) is 11.1 Å². The second-order valence-corrected chi connectivity index (χ2v) is 19.7. The largest absolute Gasteiger partial charge is 0.309 e. The van der Waals surface area contributed by atoms with E-state index >= 15 is 0 Å². The van der Waals surface area contributed by atoms with E-state index in [9.17, 15) is 10.5 Å². The number of rotatable bonds is 6. The van der Waals surface area contributed by atoms with Crippen LogP contribution in [0.3, 0.4) is 0 Å². The predicted molar refractivity (Wildman–Crippen MR) is 314 cm³/mol. The van der Waals surface area contributed by atoms with Crippen LogP contribution in [-0.2, 0) is 0 Å². The first-order chi connectivity index (χ1) is 37.6. The van der Waals surface area contributed by atoms with Crippen molar-refractivity contribution in [2.45, 2.75) is 0 Å². The summed E-state index contributed by atoms with van der Waals surface area (Å²) in [6.07, 6.45) is 0. The molecular weight excluding hydrogens is 923 g/mol. The molecule has 0 atom stereocenters. The number of pyridine rings is 1. The summed E-state index contributed by atoms with van der Waals surface area (Å²) in [4.78, 5) is 5.45. The second-order valence-electron chi connectivity index (χ2n) is 19.7. The highest BCUT2D eigenvalue weighted by atomic mass is 15.0. The molecule has 3 heterocycles. The maximum Gasteiger partial charge on any atom is 0.0991 e. The third-order valence-electron chi connectivity index (χ3n) is 15.5. The molecule has 0 spiro atoms. The summed E-state index contributed by atoms with van der Waals surface area (Å²) in [5, 5.41) is 32.3. The topological polar surface area (TPSA) is 70.3 Å². The fourth-order valence-electron chi connectivity index (χ4n) is 12.0. The van der Waals surface area contributed by atoms with Gasteiger partial charge in [0.1, 0.15) is 0 Å². The smallest absolute Gasteiger partial charge is 0.0991 e. The summed E-state index contributed by atoms with van der Waals surface area (Å²) in [6.45, 7) is 0. The van der Waals surface area contributed by atoms with Gasteiger partial charge in [0.15, 0.2) is 0 Å². The second kappa shape index (κ2) is 17.0. The average molecular weight is 964 g/mol. The molecule has 0 radical (unpaired) electrons. The molecule has 5 nitrogen and oxygen atoms in total. The first kappa shape index (κ1) is 43.0. The minimum Gasteiger partial charge on any atom is -0.309 e. The molecule has 0 aliphatic rings. The first-order valence-electron chi connectivity index (χ1n) is 25.5. The van der Waals surface area contributed by atoms with E-state index in [1.165, 1.54) is 10.8 Å². The van der Waals surface area contributed by atoms with Crippen molar-refractivity contribution in [1.29, 1.82) is 10.5 Å². The minimum absolute atomic E-state index is 0.630. The number of nitriles is 2. The van der Waals surface area contributed by atoms with Gasteiger partial charge in [0.2, 0.25) is 0 Å². The van der Waals surface area contributed by atoms with E-state index in [-0.39, 0.29) is 0 Å². The van der Waals surface area contributed by atoms with Gasteiger partial charge in [-0.2, -0.15) is 10.5 Å². The molecule has 0 aliphatic carbocycles. The Labute approximate surface area is 437 Å². The van der Waals surface area contributed by atoms with E-state index in [0.29, 0.717) is 11.1 Å². The number of hydrogen-bond acceptors (Lipinski definition) is 3. The van der Waals surface area contributed by atoms with Crippen LogP contribution in [0, 0.1) is 22.7 Å². The van der Waals surface area contributed by atoms with Crippen molar-refractivity contribution in [1.82, 2.24) is 14.1 Å². The van der Waals surface area contributed by atoms with Crippen molar-refractivity contribution in [3.63, 3.8) is 0 Å². The molecular formula is C71H41N5. The van der Waals surface area contributed by atoms with Crippen molar-refractivity contribution in [2.75, 3.05) is 0 Å². The lowest BCUT2D eigenvalue weighted by Gasteiger charge is -2.20. The SMILES string of the molecule is N#Cc1ccc2c(c1)c1cc(-c3ccc4c(-c5ccc6ccccc6n5)c5cc(-c6ccc7c(c6)c6cc(C#N)ccc6n7-c6ccccc6)ccc5c(-c5ccc6ccccc6c5)c4c3)ccc1n2-c1ccccc1. The summed E-state index contributed by atoms with van der Waals surface area (Å²) < 4.78 is 4.59. The summed E-state index contributed by atoms with van der Waals surface area (Å²) in [5.41, 5.74) is 17.2. The molecule has 12 aromatic carbocycles. The number of aromatic nitrogens is 3. The Morgan fingerprint density at radius 3 is 1.28 bits per heavy atom. The Hall–Kier alpha value is -10.6. The Morgan fingerprint density at radius 1 is 0.289 bits per heavy atom. The molecule has 3 aromatic heterocycles. The standard InChI is InChI=1S/C71H41N5/c72-42-44-19-31-66-58(35-44)60-38-51(26-33-68(60)75(66)54-14-3-1-4-15-54)49-24-29-57-62(40-49)70(53-22-21-46-11-7-8-13-48(46)37-53)56-28-23-50(41-63(56)71(57)65-30-25-47-12-9-10-18-64(47)74-65)52-27-34-69-61(39-52)59-36-45(43-73)20-32-67(59)76(69)55-16-5-2-6-17-55/h1-41H. The van der Waals surface area contributed by atoms with Crippen molar-refractivity contribution in [2.24, 2.45) is 0 Å². The van der Waals surface area contributed by atoms with Gasteiger partial charge in [-0.15, -0.1) is 0 Å². The number of benzene rings is 12. The van der Waals surface area contributed by atoms with Crippen LogP contribution in [0.25, 0.3) is 143 Å². The predicted octanol–water partition coefficient (Wildman–Crippen LogP) is 18.3. The lowest BCUT2D eigenvalue weighted by atomic mass is 9.84. The maximum absolute atomic E-state index is 10.1. The molecule has 0 saturated heterocycles. The van der Waals surface area contributed by atoms with Gasteiger partial charge in [0.05, 0.1) is 56.5 Å². The molecule has 5 heteroatoms. The number of nitrogens with zero attached hydrogens (tertiary/aromatic N) is 5. The van der Waals surface area contributed by atoms with Gasteiger partial charge in [0, 0.05) is 43.9 Å². The van der Waals surface area contributed by atoms with Crippen molar-refractivity contribution >= 4 is 86.8 Å². The van der Waals surface area contributed by atoms with E-state index in [1.54, 1.807) is 0 Å². The molecule has 15 aromatic rings. The van der Waals surface area contributed by atoms with E-state index < -0.39 is 0 Å². The summed E-state index contributed by atoms with van der Waals surface area (Å²) in [5.74, 6) is 0. The molecule has 0 N–H and O–H groups in total. The van der Waals surface area contributed by atoms with Crippen LogP contribution in [0.15, 0.2) is 249 Å². The van der Waals surface area contributed by atoms with Gasteiger partial charge in [-0.05, 0) is 181 Å². The Morgan fingerprint density at radius 2 is 0.711 bits per heavy atom. The Bertz CT molecular complexity index is 4690. The van der Waals surface area contributed by atoms with Crippen LogP contribution in [-0.4, -0.2) is 14.1 Å². The van der Waals surface area contributed by atoms with Crippen LogP contribution >= 0.6 is 0 Å².